The molecule has 2 heteroatoms. The van der Waals surface area contributed by atoms with Gasteiger partial charge in [0, 0.05) is 6.54 Å². The zero-order valence-corrected chi connectivity index (χ0v) is 9.75. The molecule has 1 N–H and O–H groups in total. The average Bonchev–Trinajstić information content (AvgIpc) is 2.32. The zero-order chi connectivity index (χ0) is 10.1. The van der Waals surface area contributed by atoms with Crippen LogP contribution in [0.2, 0.25) is 0 Å². The standard InChI is InChI=1S/C13H24N2/c1-5-14-6-2-11(1)9-13-10-15-7-3-12(13)4-8-15/h11-14H,1-10H2/t13-/m1/s1. The van der Waals surface area contributed by atoms with Crippen molar-refractivity contribution < 1.29 is 0 Å². The summed E-state index contributed by atoms with van der Waals surface area (Å²) in [6.07, 6.45) is 7.39. The van der Waals surface area contributed by atoms with Gasteiger partial charge in [-0.2, -0.15) is 0 Å². The van der Waals surface area contributed by atoms with Gasteiger partial charge in [-0.15, -0.1) is 0 Å². The third-order valence-electron chi connectivity index (χ3n) is 4.89. The Morgan fingerprint density at radius 1 is 1.00 bits per heavy atom. The van der Waals surface area contributed by atoms with E-state index in [0.717, 1.165) is 17.8 Å². The van der Waals surface area contributed by atoms with Crippen molar-refractivity contribution in [3.8, 4) is 0 Å². The van der Waals surface area contributed by atoms with Crippen LogP contribution in [0.1, 0.15) is 32.1 Å². The Labute approximate surface area is 93.4 Å². The van der Waals surface area contributed by atoms with E-state index in [0.29, 0.717) is 0 Å². The van der Waals surface area contributed by atoms with Gasteiger partial charge in [0.05, 0.1) is 0 Å². The van der Waals surface area contributed by atoms with Crippen LogP contribution >= 0.6 is 0 Å². The Kier molecular flexibility index (Phi) is 2.98. The zero-order valence-electron chi connectivity index (χ0n) is 9.75. The highest BCUT2D eigenvalue weighted by molar-refractivity contribution is 4.88. The van der Waals surface area contributed by atoms with E-state index in [2.05, 4.69) is 10.2 Å². The second kappa shape index (κ2) is 4.42. The third-order valence-corrected chi connectivity index (χ3v) is 4.89. The Bertz CT molecular complexity index is 203. The fraction of sp³-hybridized carbons (Fsp3) is 1.00. The van der Waals surface area contributed by atoms with Gasteiger partial charge < -0.3 is 10.2 Å². The lowest BCUT2D eigenvalue weighted by molar-refractivity contribution is 0.0354. The van der Waals surface area contributed by atoms with Crippen LogP contribution in [0.25, 0.3) is 0 Å². The minimum atomic E-state index is 1.04. The first-order chi connectivity index (χ1) is 7.42. The highest BCUT2D eigenvalue weighted by atomic mass is 15.1. The van der Waals surface area contributed by atoms with Gasteiger partial charge in [0.2, 0.25) is 0 Å². The molecule has 4 heterocycles. The normalized spacial score (nSPS) is 42.0. The molecule has 15 heavy (non-hydrogen) atoms. The molecule has 4 saturated heterocycles. The van der Waals surface area contributed by atoms with Gasteiger partial charge in [0.1, 0.15) is 0 Å². The summed E-state index contributed by atoms with van der Waals surface area (Å²) in [6.45, 7) is 6.76. The van der Waals surface area contributed by atoms with Crippen molar-refractivity contribution in [3.05, 3.63) is 0 Å². The maximum absolute atomic E-state index is 3.48. The first-order valence-electron chi connectivity index (χ1n) is 6.85. The van der Waals surface area contributed by atoms with Crippen molar-refractivity contribution >= 4 is 0 Å². The molecule has 0 aliphatic carbocycles. The van der Waals surface area contributed by atoms with Crippen LogP contribution in [0.3, 0.4) is 0 Å². The van der Waals surface area contributed by atoms with Crippen LogP contribution in [0.5, 0.6) is 0 Å². The van der Waals surface area contributed by atoms with Crippen molar-refractivity contribution in [1.29, 1.82) is 0 Å². The fourth-order valence-electron chi connectivity index (χ4n) is 3.90. The molecule has 0 saturated carbocycles. The number of nitrogens with one attached hydrogen (secondary N) is 1. The van der Waals surface area contributed by atoms with Crippen LogP contribution in [-0.2, 0) is 0 Å². The van der Waals surface area contributed by atoms with Gasteiger partial charge in [-0.05, 0) is 76.0 Å². The lowest BCUT2D eigenvalue weighted by Gasteiger charge is -2.46. The first kappa shape index (κ1) is 10.1. The minimum absolute atomic E-state index is 1.04. The molecule has 0 unspecified atom stereocenters. The molecule has 4 fully saturated rings. The van der Waals surface area contributed by atoms with Crippen LogP contribution in [0.4, 0.5) is 0 Å². The highest BCUT2D eigenvalue weighted by Gasteiger charge is 2.35. The van der Waals surface area contributed by atoms with Gasteiger partial charge in [0.25, 0.3) is 0 Å². The summed E-state index contributed by atoms with van der Waals surface area (Å²) in [7, 11) is 0. The smallest absolute Gasteiger partial charge is 0.00124 e. The maximum Gasteiger partial charge on any atom is 0.00124 e. The van der Waals surface area contributed by atoms with Gasteiger partial charge in [-0.3, -0.25) is 0 Å². The molecular weight excluding hydrogens is 184 g/mol. The van der Waals surface area contributed by atoms with Crippen LogP contribution in [0, 0.1) is 17.8 Å². The third kappa shape index (κ3) is 2.21. The van der Waals surface area contributed by atoms with Crippen LogP contribution in [0.15, 0.2) is 0 Å². The SMILES string of the molecule is C1CC(C[C@@H]2CN3CCC2CC3)CCN1. The molecule has 0 spiro atoms. The predicted molar refractivity (Wildman–Crippen MR) is 62.9 cm³/mol. The molecule has 86 valence electrons. The van der Waals surface area contributed by atoms with E-state index in [-0.39, 0.29) is 0 Å². The fourth-order valence-corrected chi connectivity index (χ4v) is 3.90. The van der Waals surface area contributed by atoms with E-state index < -0.39 is 0 Å². The van der Waals surface area contributed by atoms with Crippen molar-refractivity contribution in [2.45, 2.75) is 32.1 Å². The molecule has 4 rings (SSSR count). The summed E-state index contributed by atoms with van der Waals surface area (Å²) < 4.78 is 0. The number of fused-ring (bicyclic) bond motifs is 3. The van der Waals surface area contributed by atoms with Crippen LogP contribution in [-0.4, -0.2) is 37.6 Å². The number of hydrogen-bond acceptors (Lipinski definition) is 2. The highest BCUT2D eigenvalue weighted by Crippen LogP contribution is 2.37. The molecule has 4 aliphatic heterocycles. The summed E-state index contributed by atoms with van der Waals surface area (Å²) >= 11 is 0. The van der Waals surface area contributed by atoms with Crippen molar-refractivity contribution in [2.24, 2.45) is 17.8 Å². The number of nitrogens with zero attached hydrogens (tertiary/aromatic N) is 1. The molecule has 0 aromatic carbocycles. The second-order valence-corrected chi connectivity index (χ2v) is 5.83. The molecule has 0 amide bonds. The van der Waals surface area contributed by atoms with Gasteiger partial charge in [0.15, 0.2) is 0 Å². The molecule has 0 aromatic heterocycles. The first-order valence-corrected chi connectivity index (χ1v) is 6.85. The Morgan fingerprint density at radius 3 is 2.33 bits per heavy atom. The summed E-state index contributed by atoms with van der Waals surface area (Å²) in [5, 5.41) is 3.48. The molecule has 0 radical (unpaired) electrons. The maximum atomic E-state index is 3.48. The monoisotopic (exact) mass is 208 g/mol. The van der Waals surface area contributed by atoms with E-state index in [1.165, 1.54) is 64.8 Å². The quantitative estimate of drug-likeness (QED) is 0.743. The molecule has 2 bridgehead atoms. The molecule has 4 aliphatic rings. The van der Waals surface area contributed by atoms with E-state index in [1.54, 1.807) is 0 Å². The number of hydrogen-bond donors (Lipinski definition) is 1. The van der Waals surface area contributed by atoms with Crippen molar-refractivity contribution in [1.82, 2.24) is 10.2 Å². The van der Waals surface area contributed by atoms with Gasteiger partial charge in [-0.1, -0.05) is 0 Å². The Balaban J connectivity index is 1.54. The summed E-state index contributed by atoms with van der Waals surface area (Å²) in [6, 6.07) is 0. The number of piperidine rings is 4. The largest absolute Gasteiger partial charge is 0.317 e. The summed E-state index contributed by atoms with van der Waals surface area (Å²) in [5.41, 5.74) is 0. The van der Waals surface area contributed by atoms with E-state index in [4.69, 9.17) is 0 Å². The van der Waals surface area contributed by atoms with Crippen molar-refractivity contribution in [3.63, 3.8) is 0 Å². The Morgan fingerprint density at radius 2 is 1.73 bits per heavy atom. The Hall–Kier alpha value is -0.0800. The lowest BCUT2D eigenvalue weighted by Crippen LogP contribution is -2.48. The van der Waals surface area contributed by atoms with E-state index >= 15 is 0 Å². The summed E-state index contributed by atoms with van der Waals surface area (Å²) in [4.78, 5) is 2.70. The average molecular weight is 208 g/mol. The molecule has 1 atom stereocenters. The molecular formula is C13H24N2. The molecule has 0 aromatic rings. The predicted octanol–water partition coefficient (Wildman–Crippen LogP) is 1.72. The van der Waals surface area contributed by atoms with E-state index in [9.17, 15) is 0 Å². The number of rotatable bonds is 2. The second-order valence-electron chi connectivity index (χ2n) is 5.83. The van der Waals surface area contributed by atoms with E-state index in [1.807, 2.05) is 0 Å². The summed E-state index contributed by atoms with van der Waals surface area (Å²) in [5.74, 6) is 3.18. The van der Waals surface area contributed by atoms with Gasteiger partial charge in [-0.25, -0.2) is 0 Å². The molecule has 2 nitrogen and oxygen atoms in total. The topological polar surface area (TPSA) is 15.3 Å². The lowest BCUT2D eigenvalue weighted by atomic mass is 9.73. The van der Waals surface area contributed by atoms with Crippen molar-refractivity contribution in [2.75, 3.05) is 32.7 Å². The minimum Gasteiger partial charge on any atom is -0.317 e. The van der Waals surface area contributed by atoms with Crippen LogP contribution < -0.4 is 5.32 Å². The van der Waals surface area contributed by atoms with Gasteiger partial charge >= 0.3 is 0 Å².